The first-order valence-electron chi connectivity index (χ1n) is 5.96. The van der Waals surface area contributed by atoms with Gasteiger partial charge in [0, 0.05) is 28.1 Å². The van der Waals surface area contributed by atoms with Gasteiger partial charge in [-0.05, 0) is 53.8 Å². The first-order valence-corrected chi connectivity index (χ1v) is 7.94. The van der Waals surface area contributed by atoms with Crippen LogP contribution in [0.5, 0.6) is 0 Å². The lowest BCUT2D eigenvalue weighted by Gasteiger charge is -2.11. The van der Waals surface area contributed by atoms with Crippen LogP contribution in [0.25, 0.3) is 0 Å². The van der Waals surface area contributed by atoms with Crippen LogP contribution in [0, 0.1) is 0 Å². The Morgan fingerprint density at radius 2 is 2.11 bits per heavy atom. The van der Waals surface area contributed by atoms with Crippen LogP contribution in [0.15, 0.2) is 34.8 Å². The predicted octanol–water partition coefficient (Wildman–Crippen LogP) is 4.84. The molecule has 1 N–H and O–H groups in total. The van der Waals surface area contributed by atoms with Gasteiger partial charge in [0.15, 0.2) is 0 Å². The third kappa shape index (κ3) is 4.49. The van der Waals surface area contributed by atoms with Gasteiger partial charge in [-0.2, -0.15) is 0 Å². The van der Waals surface area contributed by atoms with Crippen LogP contribution in [-0.4, -0.2) is 19.0 Å². The standard InChI is InChI=1S/C14H16BrClN2S/c1-18(2)9-10-4-3-5-11(6-10)17-8-12-7-13(15)14(16)19-12/h3-7,17H,8-9H2,1-2H3. The van der Waals surface area contributed by atoms with Gasteiger partial charge in [0.05, 0.1) is 0 Å². The molecule has 0 atom stereocenters. The van der Waals surface area contributed by atoms with Gasteiger partial charge >= 0.3 is 0 Å². The largest absolute Gasteiger partial charge is 0.380 e. The Morgan fingerprint density at radius 1 is 1.32 bits per heavy atom. The van der Waals surface area contributed by atoms with E-state index in [-0.39, 0.29) is 0 Å². The topological polar surface area (TPSA) is 15.3 Å². The van der Waals surface area contributed by atoms with E-state index in [0.717, 1.165) is 27.6 Å². The lowest BCUT2D eigenvalue weighted by atomic mass is 10.2. The summed E-state index contributed by atoms with van der Waals surface area (Å²) in [5, 5.41) is 3.43. The lowest BCUT2D eigenvalue weighted by molar-refractivity contribution is 0.402. The molecule has 0 unspecified atom stereocenters. The smallest absolute Gasteiger partial charge is 0.107 e. The van der Waals surface area contributed by atoms with Crippen molar-refractivity contribution in [2.45, 2.75) is 13.1 Å². The maximum Gasteiger partial charge on any atom is 0.107 e. The fourth-order valence-electron chi connectivity index (χ4n) is 1.81. The average molecular weight is 360 g/mol. The van der Waals surface area contributed by atoms with E-state index >= 15 is 0 Å². The van der Waals surface area contributed by atoms with E-state index in [2.05, 4.69) is 70.6 Å². The summed E-state index contributed by atoms with van der Waals surface area (Å²) in [5.74, 6) is 0. The van der Waals surface area contributed by atoms with Crippen LogP contribution in [-0.2, 0) is 13.1 Å². The Balaban J connectivity index is 1.99. The van der Waals surface area contributed by atoms with Crippen molar-refractivity contribution >= 4 is 44.6 Å². The molecule has 0 saturated heterocycles. The summed E-state index contributed by atoms with van der Waals surface area (Å²) in [7, 11) is 4.15. The van der Waals surface area contributed by atoms with Crippen LogP contribution in [0.1, 0.15) is 10.4 Å². The summed E-state index contributed by atoms with van der Waals surface area (Å²) >= 11 is 11.1. The second kappa shape index (κ2) is 6.75. The molecule has 0 radical (unpaired) electrons. The van der Waals surface area contributed by atoms with E-state index < -0.39 is 0 Å². The number of hydrogen-bond acceptors (Lipinski definition) is 3. The minimum Gasteiger partial charge on any atom is -0.380 e. The molecule has 0 aliphatic rings. The van der Waals surface area contributed by atoms with E-state index in [9.17, 15) is 0 Å². The Morgan fingerprint density at radius 3 is 2.74 bits per heavy atom. The third-order valence-corrected chi connectivity index (χ3v) is 5.06. The number of anilines is 1. The molecular formula is C14H16BrClN2S. The van der Waals surface area contributed by atoms with E-state index in [0.29, 0.717) is 0 Å². The molecule has 2 rings (SSSR count). The number of halogens is 2. The Kier molecular flexibility index (Phi) is 5.28. The number of hydrogen-bond donors (Lipinski definition) is 1. The van der Waals surface area contributed by atoms with E-state index in [1.165, 1.54) is 10.4 Å². The summed E-state index contributed by atoms with van der Waals surface area (Å²) in [6.07, 6.45) is 0. The van der Waals surface area contributed by atoms with Gasteiger partial charge in [-0.15, -0.1) is 11.3 Å². The fourth-order valence-corrected chi connectivity index (χ4v) is 3.54. The quantitative estimate of drug-likeness (QED) is 0.822. The van der Waals surface area contributed by atoms with Crippen LogP contribution in [0.4, 0.5) is 5.69 Å². The molecule has 19 heavy (non-hydrogen) atoms. The molecule has 0 spiro atoms. The summed E-state index contributed by atoms with van der Waals surface area (Å²) in [6.45, 7) is 1.74. The average Bonchev–Trinajstić information content (AvgIpc) is 2.66. The highest BCUT2D eigenvalue weighted by Crippen LogP contribution is 2.32. The van der Waals surface area contributed by atoms with Gasteiger partial charge in [-0.3, -0.25) is 0 Å². The zero-order valence-corrected chi connectivity index (χ0v) is 14.1. The van der Waals surface area contributed by atoms with E-state index in [4.69, 9.17) is 11.6 Å². The van der Waals surface area contributed by atoms with Gasteiger partial charge in [0.25, 0.3) is 0 Å². The molecular weight excluding hydrogens is 344 g/mol. The minimum absolute atomic E-state index is 0.793. The molecule has 0 bridgehead atoms. The molecule has 1 aromatic heterocycles. The Hall–Kier alpha value is -0.550. The van der Waals surface area contributed by atoms with Crippen molar-refractivity contribution in [3.63, 3.8) is 0 Å². The first kappa shape index (κ1) is 14.9. The Labute approximate surface area is 131 Å². The predicted molar refractivity (Wildman–Crippen MR) is 88.2 cm³/mol. The van der Waals surface area contributed by atoms with Crippen molar-refractivity contribution in [2.24, 2.45) is 0 Å². The number of nitrogens with one attached hydrogen (secondary N) is 1. The van der Waals surface area contributed by atoms with Crippen LogP contribution in [0.2, 0.25) is 4.34 Å². The molecule has 0 saturated carbocycles. The monoisotopic (exact) mass is 358 g/mol. The molecule has 0 aliphatic carbocycles. The Bertz CT molecular complexity index is 535. The number of nitrogens with zero attached hydrogens (tertiary/aromatic N) is 1. The van der Waals surface area contributed by atoms with Gasteiger partial charge in [0.1, 0.15) is 4.34 Å². The molecule has 1 aromatic carbocycles. The van der Waals surface area contributed by atoms with Gasteiger partial charge in [-0.1, -0.05) is 23.7 Å². The van der Waals surface area contributed by atoms with Crippen molar-refractivity contribution < 1.29 is 0 Å². The number of rotatable bonds is 5. The normalized spacial score (nSPS) is 11.0. The highest BCUT2D eigenvalue weighted by molar-refractivity contribution is 9.10. The molecule has 2 aromatic rings. The van der Waals surface area contributed by atoms with Crippen molar-refractivity contribution in [3.8, 4) is 0 Å². The molecule has 0 aliphatic heterocycles. The van der Waals surface area contributed by atoms with Crippen molar-refractivity contribution in [1.29, 1.82) is 0 Å². The highest BCUT2D eigenvalue weighted by Gasteiger charge is 2.04. The maximum atomic E-state index is 6.03. The van der Waals surface area contributed by atoms with Gasteiger partial charge < -0.3 is 10.2 Å². The van der Waals surface area contributed by atoms with Gasteiger partial charge in [0.2, 0.25) is 0 Å². The van der Waals surface area contributed by atoms with Crippen molar-refractivity contribution in [3.05, 3.63) is 49.6 Å². The maximum absolute atomic E-state index is 6.03. The molecule has 0 fully saturated rings. The summed E-state index contributed by atoms with van der Waals surface area (Å²) in [4.78, 5) is 3.38. The highest BCUT2D eigenvalue weighted by atomic mass is 79.9. The molecule has 0 amide bonds. The van der Waals surface area contributed by atoms with Crippen molar-refractivity contribution in [2.75, 3.05) is 19.4 Å². The minimum atomic E-state index is 0.793. The van der Waals surface area contributed by atoms with E-state index in [1.807, 2.05) is 0 Å². The zero-order valence-electron chi connectivity index (χ0n) is 10.9. The summed E-state index contributed by atoms with van der Waals surface area (Å²) in [6, 6.07) is 10.6. The third-order valence-electron chi connectivity index (χ3n) is 2.59. The summed E-state index contributed by atoms with van der Waals surface area (Å²) in [5.41, 5.74) is 2.44. The molecule has 5 heteroatoms. The van der Waals surface area contributed by atoms with Gasteiger partial charge in [-0.25, -0.2) is 0 Å². The van der Waals surface area contributed by atoms with Crippen LogP contribution in [0.3, 0.4) is 0 Å². The molecule has 1 heterocycles. The zero-order chi connectivity index (χ0) is 13.8. The number of benzene rings is 1. The molecule has 2 nitrogen and oxygen atoms in total. The lowest BCUT2D eigenvalue weighted by Crippen LogP contribution is -2.10. The van der Waals surface area contributed by atoms with Crippen LogP contribution < -0.4 is 5.32 Å². The van der Waals surface area contributed by atoms with E-state index in [1.54, 1.807) is 11.3 Å². The second-order valence-corrected chi connectivity index (χ2v) is 7.22. The summed E-state index contributed by atoms with van der Waals surface area (Å²) < 4.78 is 1.77. The first-order chi connectivity index (χ1) is 9.04. The second-order valence-electron chi connectivity index (χ2n) is 4.63. The fraction of sp³-hybridized carbons (Fsp3) is 0.286. The van der Waals surface area contributed by atoms with Crippen LogP contribution >= 0.6 is 38.9 Å². The molecule has 102 valence electrons. The van der Waals surface area contributed by atoms with Crippen molar-refractivity contribution in [1.82, 2.24) is 4.90 Å². The SMILES string of the molecule is CN(C)Cc1cccc(NCc2cc(Br)c(Cl)s2)c1. The number of thiophene rings is 1.